The Morgan fingerprint density at radius 1 is 1.32 bits per heavy atom. The topological polar surface area (TPSA) is 72.4 Å². The molecule has 0 bridgehead atoms. The number of hydrogen-bond donors (Lipinski definition) is 0. The van der Waals surface area contributed by atoms with Gasteiger partial charge < -0.3 is 13.8 Å². The van der Waals surface area contributed by atoms with Crippen LogP contribution >= 0.6 is 0 Å². The van der Waals surface area contributed by atoms with Gasteiger partial charge in [-0.15, -0.1) is 0 Å². The summed E-state index contributed by atoms with van der Waals surface area (Å²) in [7, 11) is 0. The van der Waals surface area contributed by atoms with Gasteiger partial charge in [-0.2, -0.15) is 4.98 Å². The number of hydrogen-bond acceptors (Lipinski definition) is 5. The number of benzene rings is 1. The molecular weight excluding hydrogens is 318 g/mol. The van der Waals surface area contributed by atoms with E-state index in [1.165, 1.54) is 0 Å². The minimum atomic E-state index is -0.0755. The van der Waals surface area contributed by atoms with Crippen LogP contribution in [0.25, 0.3) is 11.0 Å². The molecule has 1 amide bonds. The summed E-state index contributed by atoms with van der Waals surface area (Å²) in [5.41, 5.74) is 0.735. The molecule has 1 unspecified atom stereocenters. The summed E-state index contributed by atoms with van der Waals surface area (Å²) in [5.74, 6) is 1.98. The zero-order valence-corrected chi connectivity index (χ0v) is 14.4. The SMILES string of the molecule is CC(C)c1nc(C2CCCN(C(=O)c3cc4ccccc4o3)C2)no1. The third-order valence-electron chi connectivity index (χ3n) is 4.66. The van der Waals surface area contributed by atoms with E-state index >= 15 is 0 Å². The molecule has 1 atom stereocenters. The molecule has 2 aromatic heterocycles. The fourth-order valence-corrected chi connectivity index (χ4v) is 3.26. The van der Waals surface area contributed by atoms with E-state index in [-0.39, 0.29) is 17.7 Å². The number of para-hydroxylation sites is 1. The van der Waals surface area contributed by atoms with Gasteiger partial charge in [0, 0.05) is 30.3 Å². The van der Waals surface area contributed by atoms with Crippen molar-refractivity contribution in [2.24, 2.45) is 0 Å². The van der Waals surface area contributed by atoms with Crippen molar-refractivity contribution in [3.8, 4) is 0 Å². The lowest BCUT2D eigenvalue weighted by Gasteiger charge is -2.30. The third kappa shape index (κ3) is 3.04. The van der Waals surface area contributed by atoms with E-state index in [9.17, 15) is 4.79 Å². The zero-order chi connectivity index (χ0) is 17.4. The van der Waals surface area contributed by atoms with Crippen LogP contribution in [0.3, 0.4) is 0 Å². The van der Waals surface area contributed by atoms with Crippen molar-refractivity contribution in [2.45, 2.75) is 38.5 Å². The maximum absolute atomic E-state index is 12.8. The van der Waals surface area contributed by atoms with Crippen LogP contribution in [-0.2, 0) is 0 Å². The summed E-state index contributed by atoms with van der Waals surface area (Å²) in [6, 6.07) is 9.47. The predicted octanol–water partition coefficient (Wildman–Crippen LogP) is 3.96. The lowest BCUT2D eigenvalue weighted by atomic mass is 9.97. The van der Waals surface area contributed by atoms with Crippen LogP contribution in [0.1, 0.15) is 60.8 Å². The van der Waals surface area contributed by atoms with E-state index < -0.39 is 0 Å². The van der Waals surface area contributed by atoms with Gasteiger partial charge in [0.15, 0.2) is 11.6 Å². The van der Waals surface area contributed by atoms with Gasteiger partial charge in [-0.05, 0) is 25.0 Å². The lowest BCUT2D eigenvalue weighted by molar-refractivity contribution is 0.0674. The van der Waals surface area contributed by atoms with Crippen LogP contribution in [0.15, 0.2) is 39.3 Å². The first-order valence-corrected chi connectivity index (χ1v) is 8.73. The quantitative estimate of drug-likeness (QED) is 0.722. The summed E-state index contributed by atoms with van der Waals surface area (Å²) < 4.78 is 11.0. The number of likely N-dealkylation sites (tertiary alicyclic amines) is 1. The minimum absolute atomic E-state index is 0.0755. The number of nitrogens with zero attached hydrogens (tertiary/aromatic N) is 3. The molecule has 0 radical (unpaired) electrons. The first-order valence-electron chi connectivity index (χ1n) is 8.73. The van der Waals surface area contributed by atoms with Gasteiger partial charge in [0.05, 0.1) is 0 Å². The van der Waals surface area contributed by atoms with E-state index in [4.69, 9.17) is 8.94 Å². The fraction of sp³-hybridized carbons (Fsp3) is 0.421. The number of fused-ring (bicyclic) bond motifs is 1. The highest BCUT2D eigenvalue weighted by atomic mass is 16.5. The van der Waals surface area contributed by atoms with Crippen molar-refractivity contribution in [1.29, 1.82) is 0 Å². The van der Waals surface area contributed by atoms with Crippen molar-refractivity contribution in [3.63, 3.8) is 0 Å². The average molecular weight is 339 g/mol. The first-order chi connectivity index (χ1) is 12.1. The Kier molecular flexibility index (Phi) is 4.03. The summed E-state index contributed by atoms with van der Waals surface area (Å²) >= 11 is 0. The van der Waals surface area contributed by atoms with Crippen molar-refractivity contribution in [1.82, 2.24) is 15.0 Å². The monoisotopic (exact) mass is 339 g/mol. The summed E-state index contributed by atoms with van der Waals surface area (Å²) in [4.78, 5) is 19.2. The highest BCUT2D eigenvalue weighted by Crippen LogP contribution is 2.28. The Morgan fingerprint density at radius 2 is 2.16 bits per heavy atom. The van der Waals surface area contributed by atoms with Gasteiger partial charge in [-0.25, -0.2) is 0 Å². The van der Waals surface area contributed by atoms with Gasteiger partial charge in [0.2, 0.25) is 5.89 Å². The Balaban J connectivity index is 1.52. The van der Waals surface area contributed by atoms with Crippen LogP contribution in [0.5, 0.6) is 0 Å². The molecule has 3 aromatic rings. The molecule has 6 nitrogen and oxygen atoms in total. The molecule has 6 heteroatoms. The third-order valence-corrected chi connectivity index (χ3v) is 4.66. The summed E-state index contributed by atoms with van der Waals surface area (Å²) in [5, 5.41) is 5.06. The molecule has 0 spiro atoms. The van der Waals surface area contributed by atoms with E-state index in [1.807, 2.05) is 49.1 Å². The Labute approximate surface area is 145 Å². The van der Waals surface area contributed by atoms with Crippen LogP contribution in [0.4, 0.5) is 0 Å². The molecule has 130 valence electrons. The van der Waals surface area contributed by atoms with Crippen molar-refractivity contribution in [2.75, 3.05) is 13.1 Å². The molecule has 1 saturated heterocycles. The Bertz CT molecular complexity index is 863. The van der Waals surface area contributed by atoms with Gasteiger partial charge in [-0.1, -0.05) is 37.2 Å². The van der Waals surface area contributed by atoms with Gasteiger partial charge >= 0.3 is 0 Å². The van der Waals surface area contributed by atoms with Crippen molar-refractivity contribution in [3.05, 3.63) is 47.8 Å². The molecule has 25 heavy (non-hydrogen) atoms. The molecule has 0 saturated carbocycles. The first kappa shape index (κ1) is 15.9. The number of rotatable bonds is 3. The number of amides is 1. The Hall–Kier alpha value is -2.63. The van der Waals surface area contributed by atoms with Gasteiger partial charge in [-0.3, -0.25) is 4.79 Å². The standard InChI is InChI=1S/C19H21N3O3/c1-12(2)18-20-17(21-25-18)14-7-5-9-22(11-14)19(23)16-10-13-6-3-4-8-15(13)24-16/h3-4,6,8,10,12,14H,5,7,9,11H2,1-2H3. The smallest absolute Gasteiger partial charge is 0.289 e. The molecule has 1 aliphatic rings. The van der Waals surface area contributed by atoms with Gasteiger partial charge in [0.1, 0.15) is 5.58 Å². The van der Waals surface area contributed by atoms with E-state index in [0.29, 0.717) is 24.0 Å². The van der Waals surface area contributed by atoms with E-state index in [0.717, 1.165) is 30.4 Å². The zero-order valence-electron chi connectivity index (χ0n) is 14.4. The van der Waals surface area contributed by atoms with E-state index in [2.05, 4.69) is 10.1 Å². The molecule has 4 rings (SSSR count). The minimum Gasteiger partial charge on any atom is -0.451 e. The predicted molar refractivity (Wildman–Crippen MR) is 92.5 cm³/mol. The largest absolute Gasteiger partial charge is 0.451 e. The molecule has 0 N–H and O–H groups in total. The van der Waals surface area contributed by atoms with Crippen LogP contribution in [0.2, 0.25) is 0 Å². The number of aromatic nitrogens is 2. The maximum Gasteiger partial charge on any atom is 0.289 e. The second kappa shape index (κ2) is 6.35. The molecule has 1 aromatic carbocycles. The summed E-state index contributed by atoms with van der Waals surface area (Å²) in [6.07, 6.45) is 1.88. The maximum atomic E-state index is 12.8. The van der Waals surface area contributed by atoms with E-state index in [1.54, 1.807) is 0 Å². The molecule has 1 fully saturated rings. The van der Waals surface area contributed by atoms with Crippen LogP contribution in [0, 0.1) is 0 Å². The summed E-state index contributed by atoms with van der Waals surface area (Å²) in [6.45, 7) is 5.36. The van der Waals surface area contributed by atoms with Crippen molar-refractivity contribution < 1.29 is 13.7 Å². The fourth-order valence-electron chi connectivity index (χ4n) is 3.26. The molecular formula is C19H21N3O3. The number of carbonyl (C=O) groups is 1. The number of piperidine rings is 1. The molecule has 3 heterocycles. The highest BCUT2D eigenvalue weighted by molar-refractivity contribution is 5.96. The van der Waals surface area contributed by atoms with Gasteiger partial charge in [0.25, 0.3) is 5.91 Å². The average Bonchev–Trinajstić information content (AvgIpc) is 3.28. The molecule has 0 aliphatic carbocycles. The number of carbonyl (C=O) groups excluding carboxylic acids is 1. The number of furan rings is 1. The van der Waals surface area contributed by atoms with Crippen LogP contribution < -0.4 is 0 Å². The van der Waals surface area contributed by atoms with Crippen LogP contribution in [-0.4, -0.2) is 34.0 Å². The van der Waals surface area contributed by atoms with Crippen molar-refractivity contribution >= 4 is 16.9 Å². The Morgan fingerprint density at radius 3 is 2.92 bits per heavy atom. The molecule has 1 aliphatic heterocycles. The normalized spacial score (nSPS) is 18.2. The second-order valence-electron chi connectivity index (χ2n) is 6.88. The second-order valence-corrected chi connectivity index (χ2v) is 6.88. The lowest BCUT2D eigenvalue weighted by Crippen LogP contribution is -2.39. The highest BCUT2D eigenvalue weighted by Gasteiger charge is 2.30.